The lowest BCUT2D eigenvalue weighted by Gasteiger charge is -2.22. The van der Waals surface area contributed by atoms with Gasteiger partial charge in [0.05, 0.1) is 11.8 Å². The van der Waals surface area contributed by atoms with E-state index in [4.69, 9.17) is 4.99 Å². The molecule has 0 heterocycles. The predicted octanol–water partition coefficient (Wildman–Crippen LogP) is 11.2. The van der Waals surface area contributed by atoms with Crippen LogP contribution in [0.1, 0.15) is 103 Å². The van der Waals surface area contributed by atoms with Gasteiger partial charge in [-0.15, -0.1) is 11.8 Å². The van der Waals surface area contributed by atoms with Gasteiger partial charge in [0, 0.05) is 29.2 Å². The van der Waals surface area contributed by atoms with Crippen molar-refractivity contribution in [2.75, 3.05) is 12.3 Å². The molecule has 3 nitrogen and oxygen atoms in total. The standard InChI is InChI=1S/C43H51NO2S/c1-8-12-34(9-2)39-22-19-35(33(7)38-14-11-10-13-30(38)4)27-41(39)40-28-36(18-17-31(40)5)43(46)42(44-25-23-32(6)45)24-26-47-37-20-15-29(3)16-21-37/h10-11,13-22,27-28,32,34,45H,7-9,12,23-26H2,1-6H3. The van der Waals surface area contributed by atoms with E-state index < -0.39 is 6.10 Å². The summed E-state index contributed by atoms with van der Waals surface area (Å²) in [6, 6.07) is 29.8. The van der Waals surface area contributed by atoms with Gasteiger partial charge in [-0.2, -0.15) is 0 Å². The fourth-order valence-corrected chi connectivity index (χ4v) is 6.96. The van der Waals surface area contributed by atoms with Gasteiger partial charge in [-0.05, 0) is 122 Å². The number of aliphatic hydroxyl groups is 1. The summed E-state index contributed by atoms with van der Waals surface area (Å²) in [4.78, 5) is 20.1. The first-order chi connectivity index (χ1) is 22.6. The topological polar surface area (TPSA) is 49.7 Å². The van der Waals surface area contributed by atoms with Gasteiger partial charge < -0.3 is 5.11 Å². The summed E-state index contributed by atoms with van der Waals surface area (Å²) in [6.45, 7) is 17.6. The zero-order valence-electron chi connectivity index (χ0n) is 29.1. The fourth-order valence-electron chi connectivity index (χ4n) is 6.10. The number of Topliss-reactive ketones (excluding diaryl/α,β-unsaturated/α-hetero) is 1. The summed E-state index contributed by atoms with van der Waals surface area (Å²) in [7, 11) is 0. The van der Waals surface area contributed by atoms with Crippen molar-refractivity contribution in [1.29, 1.82) is 0 Å². The summed E-state index contributed by atoms with van der Waals surface area (Å²) in [5.41, 5.74) is 11.6. The van der Waals surface area contributed by atoms with Crippen LogP contribution in [0.2, 0.25) is 0 Å². The van der Waals surface area contributed by atoms with Crippen LogP contribution in [-0.2, 0) is 0 Å². The molecule has 0 aliphatic carbocycles. The molecule has 0 radical (unpaired) electrons. The molecule has 0 bridgehead atoms. The van der Waals surface area contributed by atoms with Gasteiger partial charge in [0.15, 0.2) is 0 Å². The van der Waals surface area contributed by atoms with E-state index in [0.29, 0.717) is 36.6 Å². The Labute approximate surface area is 287 Å². The number of hydrogen-bond acceptors (Lipinski definition) is 4. The predicted molar refractivity (Wildman–Crippen MR) is 203 cm³/mol. The van der Waals surface area contributed by atoms with Crippen molar-refractivity contribution in [3.05, 3.63) is 130 Å². The van der Waals surface area contributed by atoms with Gasteiger partial charge in [0.25, 0.3) is 0 Å². The van der Waals surface area contributed by atoms with Gasteiger partial charge in [0.1, 0.15) is 0 Å². The Morgan fingerprint density at radius 3 is 2.23 bits per heavy atom. The van der Waals surface area contributed by atoms with E-state index in [1.165, 1.54) is 27.1 Å². The van der Waals surface area contributed by atoms with Crippen molar-refractivity contribution in [2.24, 2.45) is 4.99 Å². The Kier molecular flexibility index (Phi) is 13.4. The smallest absolute Gasteiger partial charge is 0.206 e. The third-order valence-corrected chi connectivity index (χ3v) is 9.99. The number of ketones is 1. The monoisotopic (exact) mass is 645 g/mol. The molecule has 246 valence electrons. The SMILES string of the molecule is C=C(c1ccc(C(CC)CCC)c(-c2cc(C(=O)C(CCSc3ccc(C)cc3)=NCCC(C)O)ccc2C)c1)c1ccccc1C. The molecular weight excluding hydrogens is 595 g/mol. The second kappa shape index (κ2) is 17.4. The highest BCUT2D eigenvalue weighted by molar-refractivity contribution is 7.99. The number of benzene rings is 4. The van der Waals surface area contributed by atoms with Gasteiger partial charge in [-0.3, -0.25) is 9.79 Å². The number of rotatable bonds is 16. The minimum Gasteiger partial charge on any atom is -0.393 e. The summed E-state index contributed by atoms with van der Waals surface area (Å²) >= 11 is 1.74. The zero-order chi connectivity index (χ0) is 33.9. The van der Waals surface area contributed by atoms with E-state index in [-0.39, 0.29) is 5.78 Å². The van der Waals surface area contributed by atoms with Crippen LogP contribution < -0.4 is 0 Å². The Morgan fingerprint density at radius 2 is 1.55 bits per heavy atom. The van der Waals surface area contributed by atoms with Crippen molar-refractivity contribution in [1.82, 2.24) is 0 Å². The van der Waals surface area contributed by atoms with Crippen LogP contribution in [0.25, 0.3) is 16.7 Å². The lowest BCUT2D eigenvalue weighted by molar-refractivity contribution is 0.106. The summed E-state index contributed by atoms with van der Waals surface area (Å²) < 4.78 is 0. The molecule has 2 atom stereocenters. The van der Waals surface area contributed by atoms with Crippen LogP contribution in [0.15, 0.2) is 101 Å². The van der Waals surface area contributed by atoms with E-state index >= 15 is 0 Å². The van der Waals surface area contributed by atoms with Crippen LogP contribution in [0.4, 0.5) is 0 Å². The van der Waals surface area contributed by atoms with Crippen molar-refractivity contribution >= 4 is 28.8 Å². The highest BCUT2D eigenvalue weighted by atomic mass is 32.2. The molecule has 0 aliphatic heterocycles. The molecule has 0 saturated heterocycles. The highest BCUT2D eigenvalue weighted by Crippen LogP contribution is 2.38. The maximum absolute atomic E-state index is 14.2. The van der Waals surface area contributed by atoms with Crippen molar-refractivity contribution in [2.45, 2.75) is 90.6 Å². The number of thioether (sulfide) groups is 1. The third-order valence-electron chi connectivity index (χ3n) is 8.97. The molecule has 0 aliphatic rings. The first kappa shape index (κ1) is 36.1. The number of aliphatic hydroxyl groups excluding tert-OH is 1. The molecule has 0 spiro atoms. The van der Waals surface area contributed by atoms with Crippen LogP contribution in [0.5, 0.6) is 0 Å². The third kappa shape index (κ3) is 9.65. The number of carbonyl (C=O) groups is 1. The molecule has 0 aromatic heterocycles. The summed E-state index contributed by atoms with van der Waals surface area (Å²) in [5.74, 6) is 1.14. The molecule has 2 unspecified atom stereocenters. The molecule has 4 heteroatoms. The van der Waals surface area contributed by atoms with E-state index in [1.54, 1.807) is 18.7 Å². The minimum absolute atomic E-state index is 0.0380. The Balaban J connectivity index is 1.73. The van der Waals surface area contributed by atoms with E-state index in [2.05, 4.69) is 120 Å². The maximum Gasteiger partial charge on any atom is 0.206 e. The number of aliphatic imine (C=N–C) groups is 1. The summed E-state index contributed by atoms with van der Waals surface area (Å²) in [5, 5.41) is 9.88. The quantitative estimate of drug-likeness (QED) is 0.0749. The Bertz CT molecular complexity index is 1700. The van der Waals surface area contributed by atoms with E-state index in [9.17, 15) is 9.90 Å². The van der Waals surface area contributed by atoms with Gasteiger partial charge in [-0.1, -0.05) is 93.1 Å². The molecule has 1 N–H and O–H groups in total. The number of carbonyl (C=O) groups excluding carboxylic acids is 1. The van der Waals surface area contributed by atoms with Crippen LogP contribution in [-0.4, -0.2) is 35.0 Å². The van der Waals surface area contributed by atoms with Crippen LogP contribution in [0, 0.1) is 20.8 Å². The molecule has 0 fully saturated rings. The molecule has 47 heavy (non-hydrogen) atoms. The van der Waals surface area contributed by atoms with Gasteiger partial charge in [0.2, 0.25) is 5.78 Å². The van der Waals surface area contributed by atoms with Crippen molar-refractivity contribution in [3.63, 3.8) is 0 Å². The van der Waals surface area contributed by atoms with Crippen molar-refractivity contribution in [3.8, 4) is 11.1 Å². The maximum atomic E-state index is 14.2. The number of aryl methyl sites for hydroxylation is 3. The largest absolute Gasteiger partial charge is 0.393 e. The average molecular weight is 646 g/mol. The molecule has 4 aromatic carbocycles. The first-order valence-electron chi connectivity index (χ1n) is 17.1. The van der Waals surface area contributed by atoms with Gasteiger partial charge in [-0.25, -0.2) is 0 Å². The fraction of sp³-hybridized carbons (Fsp3) is 0.349. The molecule has 0 amide bonds. The molecule has 4 aromatic rings. The highest BCUT2D eigenvalue weighted by Gasteiger charge is 2.21. The van der Waals surface area contributed by atoms with Crippen LogP contribution in [0.3, 0.4) is 0 Å². The second-order valence-electron chi connectivity index (χ2n) is 12.7. The zero-order valence-corrected chi connectivity index (χ0v) is 29.9. The Hall–Kier alpha value is -3.73. The molecule has 4 rings (SSSR count). The normalized spacial score (nSPS) is 13.0. The van der Waals surface area contributed by atoms with E-state index in [0.717, 1.165) is 52.8 Å². The summed E-state index contributed by atoms with van der Waals surface area (Å²) in [6.07, 6.45) is 3.90. The lowest BCUT2D eigenvalue weighted by Crippen LogP contribution is -2.17. The van der Waals surface area contributed by atoms with Gasteiger partial charge >= 0.3 is 0 Å². The number of nitrogens with zero attached hydrogens (tertiary/aromatic N) is 1. The second-order valence-corrected chi connectivity index (χ2v) is 13.9. The minimum atomic E-state index is -0.460. The van der Waals surface area contributed by atoms with E-state index in [1.807, 2.05) is 6.07 Å². The lowest BCUT2D eigenvalue weighted by atomic mass is 9.82. The molecule has 0 saturated carbocycles. The van der Waals surface area contributed by atoms with Crippen LogP contribution >= 0.6 is 11.8 Å². The van der Waals surface area contributed by atoms with Crippen molar-refractivity contribution < 1.29 is 9.90 Å². The first-order valence-corrected chi connectivity index (χ1v) is 18.1. The Morgan fingerprint density at radius 1 is 0.851 bits per heavy atom. The number of hydrogen-bond donors (Lipinski definition) is 1. The molecular formula is C43H51NO2S. The average Bonchev–Trinajstić information content (AvgIpc) is 3.07.